The van der Waals surface area contributed by atoms with Crippen LogP contribution in [0.4, 0.5) is 0 Å². The molecule has 2 heterocycles. The van der Waals surface area contributed by atoms with E-state index in [-0.39, 0.29) is 24.2 Å². The third-order valence-corrected chi connectivity index (χ3v) is 7.93. The van der Waals surface area contributed by atoms with Gasteiger partial charge in [-0.05, 0) is 43.5 Å². The summed E-state index contributed by atoms with van der Waals surface area (Å²) in [5.41, 5.74) is 0.696. The minimum Gasteiger partial charge on any atom is -0.461 e. The molecule has 0 aliphatic heterocycles. The number of ether oxygens (including phenoxy) is 1. The number of hydrogen-bond acceptors (Lipinski definition) is 6. The molecule has 26 heavy (non-hydrogen) atoms. The zero-order chi connectivity index (χ0) is 18.9. The molecule has 0 saturated carbocycles. The molecule has 0 fully saturated rings. The third-order valence-electron chi connectivity index (χ3n) is 3.80. The van der Waals surface area contributed by atoms with E-state index in [4.69, 9.17) is 20.9 Å². The number of hydrogen-bond donors (Lipinski definition) is 1. The van der Waals surface area contributed by atoms with Gasteiger partial charge in [-0.25, -0.2) is 4.79 Å². The van der Waals surface area contributed by atoms with Gasteiger partial charge < -0.3 is 9.26 Å². The van der Waals surface area contributed by atoms with E-state index in [2.05, 4.69) is 12.8 Å². The fourth-order valence-electron chi connectivity index (χ4n) is 2.79. The molecule has 0 bridgehead atoms. The number of rotatable bonds is 6. The van der Waals surface area contributed by atoms with E-state index in [1.165, 1.54) is 15.3 Å². The van der Waals surface area contributed by atoms with Gasteiger partial charge in [0.25, 0.3) is 7.37 Å². The van der Waals surface area contributed by atoms with Crippen LogP contribution in [-0.4, -0.2) is 23.2 Å². The van der Waals surface area contributed by atoms with Gasteiger partial charge in [-0.2, -0.15) is 11.3 Å². The Morgan fingerprint density at radius 1 is 1.31 bits per heavy atom. The molecule has 3 aromatic rings. The van der Waals surface area contributed by atoms with Crippen molar-refractivity contribution in [1.82, 2.24) is 3.97 Å². The monoisotopic (exact) mass is 429 g/mol. The van der Waals surface area contributed by atoms with Crippen LogP contribution in [0.5, 0.6) is 0 Å². The summed E-state index contributed by atoms with van der Waals surface area (Å²) < 4.78 is 26.4. The fourth-order valence-corrected chi connectivity index (χ4v) is 6.89. The molecular formula is C17H17ClNO4PS2. The molecule has 138 valence electrons. The summed E-state index contributed by atoms with van der Waals surface area (Å²) >= 11 is 12.0. The van der Waals surface area contributed by atoms with Crippen molar-refractivity contribution < 1.29 is 18.6 Å². The predicted molar refractivity (Wildman–Crippen MR) is 110 cm³/mol. The zero-order valence-electron chi connectivity index (χ0n) is 14.1. The number of benzene rings is 1. The fraction of sp³-hybridized carbons (Fsp3) is 0.235. The average Bonchev–Trinajstić information content (AvgIpc) is 3.22. The van der Waals surface area contributed by atoms with Crippen LogP contribution >= 0.6 is 43.1 Å². The van der Waals surface area contributed by atoms with Crippen LogP contribution in [0.25, 0.3) is 10.9 Å². The van der Waals surface area contributed by atoms with Crippen LogP contribution in [0.2, 0.25) is 5.02 Å². The van der Waals surface area contributed by atoms with Crippen LogP contribution in [0.15, 0.2) is 35.0 Å². The third kappa shape index (κ3) is 3.23. The second kappa shape index (κ2) is 7.79. The number of nitrogens with zero attached hydrogens (tertiary/aromatic N) is 1. The van der Waals surface area contributed by atoms with Crippen LogP contribution in [0.3, 0.4) is 0 Å². The molecular weight excluding hydrogens is 413 g/mol. The molecule has 0 aliphatic rings. The maximum absolute atomic E-state index is 14.0. The quantitative estimate of drug-likeness (QED) is 0.356. The number of halogens is 1. The predicted octanol–water partition coefficient (Wildman–Crippen LogP) is 4.49. The summed E-state index contributed by atoms with van der Waals surface area (Å²) in [7, 11) is -3.55. The van der Waals surface area contributed by atoms with E-state index < -0.39 is 13.3 Å². The maximum Gasteiger partial charge on any atom is 0.356 e. The Morgan fingerprint density at radius 2 is 2.08 bits per heavy atom. The highest BCUT2D eigenvalue weighted by Crippen LogP contribution is 2.49. The van der Waals surface area contributed by atoms with E-state index in [0.717, 1.165) is 0 Å². The highest BCUT2D eigenvalue weighted by Gasteiger charge is 2.38. The van der Waals surface area contributed by atoms with Crippen molar-refractivity contribution in [3.05, 3.63) is 45.7 Å². The highest BCUT2D eigenvalue weighted by atomic mass is 35.5. The lowest BCUT2D eigenvalue weighted by atomic mass is 10.2. The molecule has 1 atom stereocenters. The van der Waals surface area contributed by atoms with Crippen molar-refractivity contribution in [2.24, 2.45) is 0 Å². The summed E-state index contributed by atoms with van der Waals surface area (Å²) in [4.78, 5) is 12.7. The Hall–Kier alpha value is -1.24. The van der Waals surface area contributed by atoms with Gasteiger partial charge in [0.15, 0.2) is 5.69 Å². The van der Waals surface area contributed by atoms with Gasteiger partial charge in [-0.15, -0.1) is 0 Å². The zero-order valence-corrected chi connectivity index (χ0v) is 17.5. The molecule has 0 N–H and O–H groups in total. The van der Waals surface area contributed by atoms with Crippen LogP contribution in [0.1, 0.15) is 24.3 Å². The van der Waals surface area contributed by atoms with Gasteiger partial charge >= 0.3 is 5.97 Å². The first-order valence-electron chi connectivity index (χ1n) is 7.92. The highest BCUT2D eigenvalue weighted by molar-refractivity contribution is 7.79. The standard InChI is InChI=1S/C17H17ClNO4PS2/c1-3-22-17(20)15-16(13-9-11(18)5-6-14(13)19(15)25)24(21,23-4-2)12-7-8-26-10-12/h5-10,25H,3-4H2,1-2H3. The largest absolute Gasteiger partial charge is 0.461 e. The minimum atomic E-state index is -3.55. The summed E-state index contributed by atoms with van der Waals surface area (Å²) in [6, 6.07) is 6.81. The molecule has 0 amide bonds. The average molecular weight is 430 g/mol. The first-order valence-corrected chi connectivity index (χ1v) is 11.3. The summed E-state index contributed by atoms with van der Waals surface area (Å²) in [6.07, 6.45) is 0. The first-order chi connectivity index (χ1) is 12.4. The minimum absolute atomic E-state index is 0.0930. The van der Waals surface area contributed by atoms with Crippen LogP contribution < -0.4 is 10.6 Å². The van der Waals surface area contributed by atoms with Gasteiger partial charge in [0, 0.05) is 15.8 Å². The van der Waals surface area contributed by atoms with E-state index >= 15 is 0 Å². The second-order valence-corrected chi connectivity index (χ2v) is 9.28. The van der Waals surface area contributed by atoms with Gasteiger partial charge in [-0.3, -0.25) is 8.54 Å². The summed E-state index contributed by atoms with van der Waals surface area (Å²) in [6.45, 7) is 3.87. The first kappa shape index (κ1) is 19.5. The van der Waals surface area contributed by atoms with Gasteiger partial charge in [0.05, 0.1) is 29.3 Å². The molecule has 0 radical (unpaired) electrons. The second-order valence-electron chi connectivity index (χ2n) is 5.34. The van der Waals surface area contributed by atoms with Crippen molar-refractivity contribution in [2.75, 3.05) is 13.2 Å². The Balaban J connectivity index is 2.42. The van der Waals surface area contributed by atoms with Gasteiger partial charge in [0.1, 0.15) is 0 Å². The van der Waals surface area contributed by atoms with E-state index in [1.807, 2.05) is 5.38 Å². The molecule has 2 aromatic heterocycles. The van der Waals surface area contributed by atoms with E-state index in [1.54, 1.807) is 43.5 Å². The molecule has 3 rings (SSSR count). The number of fused-ring (bicyclic) bond motifs is 1. The maximum atomic E-state index is 14.0. The Kier molecular flexibility index (Phi) is 5.85. The van der Waals surface area contributed by atoms with Crippen molar-refractivity contribution in [3.8, 4) is 0 Å². The molecule has 1 aromatic carbocycles. The Bertz CT molecular complexity index is 1000. The van der Waals surface area contributed by atoms with E-state index in [9.17, 15) is 9.36 Å². The molecule has 1 unspecified atom stereocenters. The number of thiol groups is 1. The topological polar surface area (TPSA) is 57.5 Å². The molecule has 5 nitrogen and oxygen atoms in total. The van der Waals surface area contributed by atoms with Crippen molar-refractivity contribution >= 4 is 70.6 Å². The molecule has 9 heteroatoms. The smallest absolute Gasteiger partial charge is 0.356 e. The Labute approximate surface area is 165 Å². The normalized spacial score (nSPS) is 13.7. The summed E-state index contributed by atoms with van der Waals surface area (Å²) in [5, 5.41) is 5.38. The number of thiophene rings is 1. The van der Waals surface area contributed by atoms with Crippen LogP contribution in [0, 0.1) is 0 Å². The number of carbonyl (C=O) groups excluding carboxylic acids is 1. The van der Waals surface area contributed by atoms with Gasteiger partial charge in [-0.1, -0.05) is 24.4 Å². The van der Waals surface area contributed by atoms with Crippen molar-refractivity contribution in [1.29, 1.82) is 0 Å². The number of aromatic nitrogens is 1. The molecule has 0 spiro atoms. The lowest BCUT2D eigenvalue weighted by Gasteiger charge is -2.18. The number of esters is 1. The SMILES string of the molecule is CCOC(=O)c1c(P(=O)(OCC)c2ccsc2)c2cc(Cl)ccc2n1S. The number of carbonyl (C=O) groups is 1. The molecule has 0 aliphatic carbocycles. The lowest BCUT2D eigenvalue weighted by Crippen LogP contribution is -2.24. The van der Waals surface area contributed by atoms with E-state index in [0.29, 0.717) is 21.2 Å². The van der Waals surface area contributed by atoms with Crippen LogP contribution in [-0.2, 0) is 13.8 Å². The Morgan fingerprint density at radius 3 is 2.69 bits per heavy atom. The lowest BCUT2D eigenvalue weighted by molar-refractivity contribution is 0.0520. The van der Waals surface area contributed by atoms with Crippen molar-refractivity contribution in [3.63, 3.8) is 0 Å². The summed E-state index contributed by atoms with van der Waals surface area (Å²) in [5.74, 6) is -0.611. The molecule has 0 saturated heterocycles. The van der Waals surface area contributed by atoms with Crippen molar-refractivity contribution in [2.45, 2.75) is 13.8 Å². The van der Waals surface area contributed by atoms with Gasteiger partial charge in [0.2, 0.25) is 0 Å².